The fraction of sp³-hybridized carbons (Fsp3) is 0.566. The van der Waals surface area contributed by atoms with Crippen LogP contribution in [0.25, 0.3) is 0 Å². The molecular formula is C83H104Ac2N2O24. The second kappa shape index (κ2) is 33.7. The smallest absolute Gasteiger partial charge is 0.456 e. The topological polar surface area (TPSA) is 374 Å². The summed E-state index contributed by atoms with van der Waals surface area (Å²) in [7, 11) is 3.77. The molecule has 2 heterocycles. The van der Waals surface area contributed by atoms with Gasteiger partial charge >= 0.3 is 24.2 Å². The molecule has 12 rings (SSSR count). The van der Waals surface area contributed by atoms with Crippen molar-refractivity contribution in [3.8, 4) is 0 Å². The van der Waals surface area contributed by atoms with Crippen LogP contribution in [0.15, 0.2) is 144 Å². The van der Waals surface area contributed by atoms with Gasteiger partial charge in [0.1, 0.15) is 36.6 Å². The summed E-state index contributed by atoms with van der Waals surface area (Å²) in [5.41, 5.74) is -9.32. The maximum Gasteiger partial charge on any atom is 0.508 e. The van der Waals surface area contributed by atoms with Crippen molar-refractivity contribution in [2.45, 2.75) is 211 Å². The van der Waals surface area contributed by atoms with Gasteiger partial charge in [-0.1, -0.05) is 152 Å². The minimum absolute atomic E-state index is 0. The zero-order valence-electron chi connectivity index (χ0n) is 65.7. The van der Waals surface area contributed by atoms with E-state index in [1.54, 1.807) is 191 Å². The van der Waals surface area contributed by atoms with Crippen molar-refractivity contribution in [1.82, 2.24) is 10.6 Å². The van der Waals surface area contributed by atoms with Crippen molar-refractivity contribution in [2.75, 3.05) is 34.5 Å². The predicted octanol–water partition coefficient (Wildman–Crippen LogP) is 8.27. The number of rotatable bonds is 17. The first-order chi connectivity index (χ1) is 51.1. The number of hydrogen-bond acceptors (Lipinski definition) is 24. The van der Waals surface area contributed by atoms with Gasteiger partial charge in [0.25, 0.3) is 11.8 Å². The third kappa shape index (κ3) is 15.3. The number of Topliss-reactive ketones (excluding diaryl/α,β-unsaturated/α-hetero) is 2. The number of fused-ring (bicyclic) bond motifs is 10. The largest absolute Gasteiger partial charge is 0.508 e. The van der Waals surface area contributed by atoms with Gasteiger partial charge in [0.15, 0.2) is 40.8 Å². The number of ether oxygens (including phenoxy) is 10. The molecule has 8 aliphatic rings. The van der Waals surface area contributed by atoms with Gasteiger partial charge in [-0.25, -0.2) is 19.2 Å². The third-order valence-electron chi connectivity index (χ3n) is 26.5. The molecule has 2 aliphatic heterocycles. The number of carbonyl (C=O) groups excluding carboxylic acids is 8. The Morgan fingerprint density at radius 2 is 0.910 bits per heavy atom. The molecule has 4 aromatic rings. The van der Waals surface area contributed by atoms with Gasteiger partial charge in [0.05, 0.1) is 62.2 Å². The Hall–Kier alpha value is -5.40. The third-order valence-corrected chi connectivity index (χ3v) is 26.5. The number of benzene rings is 4. The Bertz CT molecular complexity index is 4200. The number of nitrogens with one attached hydrogen (secondary N) is 2. The van der Waals surface area contributed by atoms with Crippen LogP contribution >= 0.6 is 0 Å². The number of aliphatic hydroxyl groups excluding tert-OH is 4. The van der Waals surface area contributed by atoms with Crippen molar-refractivity contribution in [1.29, 1.82) is 0 Å². The van der Waals surface area contributed by atoms with Gasteiger partial charge in [0.2, 0.25) is 0 Å². The van der Waals surface area contributed by atoms with Crippen molar-refractivity contribution in [2.24, 2.45) is 51.2 Å². The Balaban J connectivity index is 0.000000252. The van der Waals surface area contributed by atoms with E-state index in [2.05, 4.69) is 10.6 Å². The summed E-state index contributed by atoms with van der Waals surface area (Å²) in [4.78, 5) is 111. The Labute approximate surface area is 718 Å². The first-order valence-corrected chi connectivity index (χ1v) is 37.1. The van der Waals surface area contributed by atoms with Gasteiger partial charge in [-0.05, 0) is 116 Å². The normalized spacial score (nSPS) is 34.4. The summed E-state index contributed by atoms with van der Waals surface area (Å²) >= 11 is 0. The van der Waals surface area contributed by atoms with Crippen LogP contribution in [-0.4, -0.2) is 196 Å². The van der Waals surface area contributed by atoms with Crippen LogP contribution in [0.2, 0.25) is 0 Å². The van der Waals surface area contributed by atoms with E-state index in [1.807, 2.05) is 13.8 Å². The summed E-state index contributed by atoms with van der Waals surface area (Å²) < 4.78 is 57.8. The molecule has 4 saturated carbocycles. The second-order valence-corrected chi connectivity index (χ2v) is 32.7. The second-order valence-electron chi connectivity index (χ2n) is 32.7. The molecule has 22 unspecified atom stereocenters. The molecule has 2 amide bonds. The van der Waals surface area contributed by atoms with E-state index < -0.39 is 188 Å². The molecule has 8 N–H and O–H groups in total. The number of ketones is 2. The van der Waals surface area contributed by atoms with Crippen LogP contribution in [0.5, 0.6) is 0 Å². The molecule has 28 heteroatoms. The zero-order chi connectivity index (χ0) is 79.8. The summed E-state index contributed by atoms with van der Waals surface area (Å²) in [6.45, 7) is 22.0. The van der Waals surface area contributed by atoms with E-state index in [-0.39, 0.29) is 138 Å². The van der Waals surface area contributed by atoms with Crippen molar-refractivity contribution in [3.63, 3.8) is 0 Å². The van der Waals surface area contributed by atoms with Crippen LogP contribution in [0.3, 0.4) is 0 Å². The number of carbonyl (C=O) groups is 8. The Morgan fingerprint density at radius 3 is 1.31 bits per heavy atom. The van der Waals surface area contributed by atoms with Crippen molar-refractivity contribution < 1.29 is 204 Å². The summed E-state index contributed by atoms with van der Waals surface area (Å²) in [5.74, 6) is -9.59. The zero-order valence-corrected chi connectivity index (χ0v) is 75.2. The fourth-order valence-corrected chi connectivity index (χ4v) is 20.0. The van der Waals surface area contributed by atoms with E-state index in [0.717, 1.165) is 7.11 Å². The molecule has 6 fully saturated rings. The van der Waals surface area contributed by atoms with Crippen molar-refractivity contribution >= 4 is 47.6 Å². The summed E-state index contributed by atoms with van der Waals surface area (Å²) in [6, 6.07) is 31.8. The maximum absolute atomic E-state index is 15.0. The molecular weight excluding hydrogens is 1860 g/mol. The SMILES string of the molecule is COC(=O)OC12COC1CC(C)C1(C)C(=O)C(O)C3=C(C)C(OC(=O)C(OC(C)(C)OC)C(NC(=O)c4ccccc4)c4ccccc4)CC(O)(C(C)C21)C3(C)C.COC(=O)OC12COC1CC(O)C1(C)C(=O)C(O)C3=C(C)C(OC(=O)C(O)C(NC(=O)c4ccccc4)c4ccccc4)CC(O)(C(C)C21)C3(C)C.[Ac].[Ac]. The maximum atomic E-state index is 15.0. The molecule has 6 aliphatic carbocycles. The minimum atomic E-state index is -1.91. The molecule has 2 saturated heterocycles. The molecule has 0 aromatic heterocycles. The van der Waals surface area contributed by atoms with E-state index in [0.29, 0.717) is 39.8 Å². The predicted molar refractivity (Wildman–Crippen MR) is 390 cm³/mol. The Morgan fingerprint density at radius 1 is 0.541 bits per heavy atom. The van der Waals surface area contributed by atoms with E-state index in [1.165, 1.54) is 21.1 Å². The number of methoxy groups -OCH3 is 3. The fourth-order valence-electron chi connectivity index (χ4n) is 20.0. The van der Waals surface area contributed by atoms with Gasteiger partial charge in [0, 0.05) is 154 Å². The van der Waals surface area contributed by atoms with Gasteiger partial charge < -0.3 is 88.6 Å². The number of hydrogen-bond donors (Lipinski definition) is 8. The minimum Gasteiger partial charge on any atom is -0.456 e. The van der Waals surface area contributed by atoms with E-state index in [4.69, 9.17) is 47.4 Å². The molecule has 22 atom stereocenters. The quantitative estimate of drug-likeness (QED) is 0.0213. The van der Waals surface area contributed by atoms with Crippen LogP contribution in [0.4, 0.5) is 9.59 Å². The average Bonchev–Trinajstić information content (AvgIpc) is 0.676. The van der Waals surface area contributed by atoms with Crippen LogP contribution < -0.4 is 10.6 Å². The first kappa shape index (κ1) is 89.5. The Kier molecular flexibility index (Phi) is 27.2. The molecule has 596 valence electrons. The molecule has 4 bridgehead atoms. The van der Waals surface area contributed by atoms with E-state index >= 15 is 0 Å². The van der Waals surface area contributed by atoms with E-state index in [9.17, 15) is 69.0 Å². The average molecular weight is 1970 g/mol. The van der Waals surface area contributed by atoms with Crippen LogP contribution in [-0.2, 0) is 66.5 Å². The standard InChI is InChI=1S/C44H57NO12.C39H47NO12.2Ac/c1-24-21-30-43(23-54-30,57-39(50)52-9)35-26(3)44(51)22-29(25(2)31(40(44,4)5)33(46)36(47)42(24,35)8)55-38(49)34(56-41(6,7)53-10)32(27-17-13-11-14-18-27)45-37(48)28-19-15-12-16-20-28;1-20-24(51-34(46)30(43)28(22-13-9-7-10-14-22)40-33(45)23-15-11-8-12-16-23)18-39(48)21(2)31-37(5,32(44)29(42)27(20)36(39,3)4)25(41)17-26-38(31,19-50-26)52-35(47)49-6;;/h11-20,24,26,29-30,32-35,46,51H,21-23H2,1-10H3,(H,45,48);7-16,21,24-26,28-31,41-43,48H,17-19H2,1-6H3,(H,40,45);;. The summed E-state index contributed by atoms with van der Waals surface area (Å²) in [6.07, 6.45) is -14.2. The molecule has 111 heavy (non-hydrogen) atoms. The van der Waals surface area contributed by atoms with Crippen LogP contribution in [0.1, 0.15) is 160 Å². The molecule has 2 radical (unpaired) electrons. The van der Waals surface area contributed by atoms with Gasteiger partial charge in [-0.3, -0.25) is 19.2 Å². The molecule has 0 spiro atoms. The molecule has 26 nitrogen and oxygen atoms in total. The first-order valence-electron chi connectivity index (χ1n) is 37.1. The number of aliphatic hydroxyl groups is 6. The van der Waals surface area contributed by atoms with Gasteiger partial charge in [-0.15, -0.1) is 0 Å². The number of esters is 2. The monoisotopic (exact) mass is 1970 g/mol. The molecule has 4 aromatic carbocycles. The number of amides is 2. The van der Waals surface area contributed by atoms with Crippen LogP contribution in [0, 0.1) is 139 Å². The summed E-state index contributed by atoms with van der Waals surface area (Å²) in [5, 5.41) is 79.3. The van der Waals surface area contributed by atoms with Crippen molar-refractivity contribution in [3.05, 3.63) is 166 Å². The van der Waals surface area contributed by atoms with Gasteiger partial charge in [-0.2, -0.15) is 0 Å².